The maximum absolute atomic E-state index is 12.1. The van der Waals surface area contributed by atoms with E-state index in [-0.39, 0.29) is 6.42 Å². The van der Waals surface area contributed by atoms with E-state index in [4.69, 9.17) is 10.9 Å². The molecule has 0 bridgehead atoms. The second-order valence-corrected chi connectivity index (χ2v) is 7.47. The number of carbonyl (C=O) groups excluding carboxylic acids is 1. The molecular formula is C19H30N2O4. The Labute approximate surface area is 149 Å². The van der Waals surface area contributed by atoms with Crippen molar-refractivity contribution in [2.45, 2.75) is 63.2 Å². The molecule has 140 valence electrons. The van der Waals surface area contributed by atoms with Crippen molar-refractivity contribution in [1.82, 2.24) is 5.48 Å². The number of hydroxylamine groups is 1. The highest BCUT2D eigenvalue weighted by Gasteiger charge is 2.44. The van der Waals surface area contributed by atoms with Crippen LogP contribution in [0.5, 0.6) is 0 Å². The number of rotatable bonds is 7. The van der Waals surface area contributed by atoms with Gasteiger partial charge in [0.05, 0.1) is 17.6 Å². The molecule has 25 heavy (non-hydrogen) atoms. The Kier molecular flexibility index (Phi) is 6.95. The molecule has 3 atom stereocenters. The van der Waals surface area contributed by atoms with Crippen LogP contribution in [0.15, 0.2) is 30.3 Å². The van der Waals surface area contributed by atoms with Crippen LogP contribution < -0.4 is 11.2 Å². The number of nitrogens with one attached hydrogen (secondary N) is 1. The van der Waals surface area contributed by atoms with Gasteiger partial charge in [0.25, 0.3) is 0 Å². The number of aliphatic hydroxyl groups is 2. The highest BCUT2D eigenvalue weighted by atomic mass is 16.5. The molecule has 1 aliphatic rings. The highest BCUT2D eigenvalue weighted by molar-refractivity contribution is 5.78. The molecule has 0 radical (unpaired) electrons. The quantitative estimate of drug-likeness (QED) is 0.376. The summed E-state index contributed by atoms with van der Waals surface area (Å²) >= 11 is 0. The van der Waals surface area contributed by atoms with Gasteiger partial charge >= 0.3 is 0 Å². The number of benzene rings is 1. The molecule has 6 nitrogen and oxygen atoms in total. The summed E-state index contributed by atoms with van der Waals surface area (Å²) < 4.78 is 0. The molecule has 1 aliphatic carbocycles. The van der Waals surface area contributed by atoms with Crippen LogP contribution in [0.2, 0.25) is 0 Å². The van der Waals surface area contributed by atoms with Crippen molar-refractivity contribution in [3.8, 4) is 0 Å². The standard InChI is InChI=1S/C19H30N2O4/c1-13-7-9-19(24,10-8-13)15(18(23)21-25)12-17(22)16(20)11-14-5-3-2-4-6-14/h2-6,13,15-17,22,24-25H,7-12,20H2,1H3,(H,21,23). The van der Waals surface area contributed by atoms with Crippen molar-refractivity contribution >= 4 is 5.91 Å². The summed E-state index contributed by atoms with van der Waals surface area (Å²) in [5.74, 6) is -1.05. The lowest BCUT2D eigenvalue weighted by Gasteiger charge is -2.41. The van der Waals surface area contributed by atoms with Crippen LogP contribution in [-0.2, 0) is 11.2 Å². The van der Waals surface area contributed by atoms with Gasteiger partial charge in [-0.3, -0.25) is 10.0 Å². The maximum atomic E-state index is 12.1. The number of hydrogen-bond acceptors (Lipinski definition) is 5. The predicted molar refractivity (Wildman–Crippen MR) is 94.7 cm³/mol. The van der Waals surface area contributed by atoms with Gasteiger partial charge in [-0.05, 0) is 50.0 Å². The van der Waals surface area contributed by atoms with E-state index >= 15 is 0 Å². The topological polar surface area (TPSA) is 116 Å². The molecule has 0 spiro atoms. The number of nitrogens with two attached hydrogens (primary N) is 1. The van der Waals surface area contributed by atoms with E-state index in [0.29, 0.717) is 25.2 Å². The van der Waals surface area contributed by atoms with Gasteiger partial charge in [0, 0.05) is 6.04 Å². The first-order valence-corrected chi connectivity index (χ1v) is 8.99. The molecule has 0 aromatic heterocycles. The Balaban J connectivity index is 2.04. The second-order valence-electron chi connectivity index (χ2n) is 7.47. The number of hydrogen-bond donors (Lipinski definition) is 5. The SMILES string of the molecule is CC1CCC(O)(C(CC(O)C(N)Cc2ccccc2)C(=O)NO)CC1. The van der Waals surface area contributed by atoms with E-state index in [1.54, 1.807) is 5.48 Å². The van der Waals surface area contributed by atoms with Gasteiger partial charge in [0.1, 0.15) is 0 Å². The van der Waals surface area contributed by atoms with Gasteiger partial charge in [0.2, 0.25) is 5.91 Å². The summed E-state index contributed by atoms with van der Waals surface area (Å²) in [5.41, 5.74) is 7.54. The van der Waals surface area contributed by atoms with E-state index in [0.717, 1.165) is 18.4 Å². The minimum absolute atomic E-state index is 0.0191. The van der Waals surface area contributed by atoms with Gasteiger partial charge in [0.15, 0.2) is 0 Å². The Bertz CT molecular complexity index is 544. The molecule has 1 aromatic carbocycles. The zero-order chi connectivity index (χ0) is 18.4. The van der Waals surface area contributed by atoms with Crippen LogP contribution in [-0.4, -0.2) is 39.1 Å². The second kappa shape index (κ2) is 8.76. The minimum atomic E-state index is -1.22. The van der Waals surface area contributed by atoms with Gasteiger partial charge in [-0.25, -0.2) is 5.48 Å². The van der Waals surface area contributed by atoms with Gasteiger partial charge in [-0.15, -0.1) is 0 Å². The number of aliphatic hydroxyl groups excluding tert-OH is 1. The molecule has 1 aromatic rings. The molecule has 0 saturated heterocycles. The Hall–Kier alpha value is -1.47. The smallest absolute Gasteiger partial charge is 0.249 e. The zero-order valence-corrected chi connectivity index (χ0v) is 14.8. The van der Waals surface area contributed by atoms with Crippen LogP contribution in [0.25, 0.3) is 0 Å². The van der Waals surface area contributed by atoms with Crippen molar-refractivity contribution in [3.63, 3.8) is 0 Å². The molecule has 2 rings (SSSR count). The minimum Gasteiger partial charge on any atom is -0.391 e. The first-order chi connectivity index (χ1) is 11.9. The van der Waals surface area contributed by atoms with Gasteiger partial charge in [-0.1, -0.05) is 37.3 Å². The molecule has 3 unspecified atom stereocenters. The summed E-state index contributed by atoms with van der Waals surface area (Å²) in [6, 6.07) is 9.03. The summed E-state index contributed by atoms with van der Waals surface area (Å²) in [5, 5.41) is 30.5. The van der Waals surface area contributed by atoms with Crippen molar-refractivity contribution in [3.05, 3.63) is 35.9 Å². The highest BCUT2D eigenvalue weighted by Crippen LogP contribution is 2.39. The molecule has 1 fully saturated rings. The van der Waals surface area contributed by atoms with Crippen molar-refractivity contribution < 1.29 is 20.2 Å². The molecule has 1 amide bonds. The Morgan fingerprint density at radius 3 is 2.48 bits per heavy atom. The summed E-state index contributed by atoms with van der Waals surface area (Å²) in [6.45, 7) is 2.12. The van der Waals surface area contributed by atoms with Crippen molar-refractivity contribution in [1.29, 1.82) is 0 Å². The first kappa shape index (κ1) is 19.8. The lowest BCUT2D eigenvalue weighted by molar-refractivity contribution is -0.150. The van der Waals surface area contributed by atoms with Crippen LogP contribution in [0.1, 0.15) is 44.6 Å². The summed E-state index contributed by atoms with van der Waals surface area (Å²) in [4.78, 5) is 12.1. The fraction of sp³-hybridized carbons (Fsp3) is 0.632. The molecular weight excluding hydrogens is 320 g/mol. The largest absolute Gasteiger partial charge is 0.391 e. The number of carbonyl (C=O) groups is 1. The van der Waals surface area contributed by atoms with E-state index in [1.165, 1.54) is 0 Å². The van der Waals surface area contributed by atoms with E-state index in [2.05, 4.69) is 6.92 Å². The van der Waals surface area contributed by atoms with Crippen molar-refractivity contribution in [2.24, 2.45) is 17.6 Å². The van der Waals surface area contributed by atoms with Crippen LogP contribution >= 0.6 is 0 Å². The molecule has 6 heteroatoms. The summed E-state index contributed by atoms with van der Waals surface area (Å²) in [7, 11) is 0. The van der Waals surface area contributed by atoms with Crippen LogP contribution in [0, 0.1) is 11.8 Å². The number of amides is 1. The van der Waals surface area contributed by atoms with E-state index in [9.17, 15) is 15.0 Å². The van der Waals surface area contributed by atoms with E-state index in [1.807, 2.05) is 30.3 Å². The first-order valence-electron chi connectivity index (χ1n) is 8.99. The average Bonchev–Trinajstić information content (AvgIpc) is 2.62. The lowest BCUT2D eigenvalue weighted by Crippen LogP contribution is -2.51. The van der Waals surface area contributed by atoms with Gasteiger partial charge in [-0.2, -0.15) is 0 Å². The molecule has 0 aliphatic heterocycles. The van der Waals surface area contributed by atoms with Crippen LogP contribution in [0.3, 0.4) is 0 Å². The normalized spacial score (nSPS) is 27.3. The third kappa shape index (κ3) is 5.25. The zero-order valence-electron chi connectivity index (χ0n) is 14.8. The predicted octanol–water partition coefficient (Wildman–Crippen LogP) is 1.37. The van der Waals surface area contributed by atoms with Crippen molar-refractivity contribution in [2.75, 3.05) is 0 Å². The third-order valence-electron chi connectivity index (χ3n) is 5.50. The summed E-state index contributed by atoms with van der Waals surface area (Å²) in [6.07, 6.45) is 2.14. The van der Waals surface area contributed by atoms with Crippen LogP contribution in [0.4, 0.5) is 0 Å². The fourth-order valence-corrected chi connectivity index (χ4v) is 3.70. The van der Waals surface area contributed by atoms with E-state index < -0.39 is 29.6 Å². The lowest BCUT2D eigenvalue weighted by atomic mass is 9.70. The molecule has 0 heterocycles. The molecule has 6 N–H and O–H groups in total. The Morgan fingerprint density at radius 1 is 1.32 bits per heavy atom. The molecule has 1 saturated carbocycles. The monoisotopic (exact) mass is 350 g/mol. The van der Waals surface area contributed by atoms with Gasteiger partial charge < -0.3 is 15.9 Å². The third-order valence-corrected chi connectivity index (χ3v) is 5.50. The maximum Gasteiger partial charge on any atom is 0.249 e. The average molecular weight is 350 g/mol. The fourth-order valence-electron chi connectivity index (χ4n) is 3.70. The Morgan fingerprint density at radius 2 is 1.92 bits per heavy atom.